The lowest BCUT2D eigenvalue weighted by Crippen LogP contribution is -2.45. The molecule has 2 N–H and O–H groups in total. The molecule has 5 nitrogen and oxygen atoms in total. The Labute approximate surface area is 90.0 Å². The maximum absolute atomic E-state index is 11.9. The van der Waals surface area contributed by atoms with Gasteiger partial charge in [-0.25, -0.2) is 4.79 Å². The summed E-state index contributed by atoms with van der Waals surface area (Å²) in [5.74, 6) is 0. The van der Waals surface area contributed by atoms with Gasteiger partial charge in [0, 0.05) is 25.7 Å². The molecule has 15 heavy (non-hydrogen) atoms. The lowest BCUT2D eigenvalue weighted by atomic mass is 10.1. The molecule has 2 aliphatic rings. The van der Waals surface area contributed by atoms with E-state index in [9.17, 15) is 4.79 Å². The van der Waals surface area contributed by atoms with Crippen molar-refractivity contribution in [1.29, 1.82) is 0 Å². The van der Waals surface area contributed by atoms with Gasteiger partial charge in [0.1, 0.15) is 0 Å². The van der Waals surface area contributed by atoms with Crippen LogP contribution in [0.2, 0.25) is 0 Å². The highest BCUT2D eigenvalue weighted by molar-refractivity contribution is 5.76. The van der Waals surface area contributed by atoms with Gasteiger partial charge in [-0.3, -0.25) is 0 Å². The summed E-state index contributed by atoms with van der Waals surface area (Å²) in [5, 5.41) is 12.1. The van der Waals surface area contributed by atoms with Crippen molar-refractivity contribution >= 4 is 6.03 Å². The summed E-state index contributed by atoms with van der Waals surface area (Å²) in [6, 6.07) is 0.512. The van der Waals surface area contributed by atoms with Crippen molar-refractivity contribution in [2.24, 2.45) is 0 Å². The third-order valence-electron chi connectivity index (χ3n) is 3.25. The third-order valence-corrected chi connectivity index (χ3v) is 3.25. The molecule has 2 rings (SSSR count). The van der Waals surface area contributed by atoms with E-state index in [0.29, 0.717) is 12.6 Å². The average Bonchev–Trinajstić information content (AvgIpc) is 2.63. The van der Waals surface area contributed by atoms with Crippen LogP contribution in [0.5, 0.6) is 0 Å². The number of hydrogen-bond acceptors (Lipinski definition) is 3. The highest BCUT2D eigenvalue weighted by Crippen LogP contribution is 2.18. The second-order valence-electron chi connectivity index (χ2n) is 4.17. The zero-order chi connectivity index (χ0) is 10.7. The Kier molecular flexibility index (Phi) is 3.43. The predicted molar refractivity (Wildman–Crippen MR) is 56.7 cm³/mol. The van der Waals surface area contributed by atoms with E-state index < -0.39 is 0 Å². The molecular weight excluding hydrogens is 194 g/mol. The zero-order valence-electron chi connectivity index (χ0n) is 8.98. The maximum Gasteiger partial charge on any atom is 0.320 e. The van der Waals surface area contributed by atoms with Crippen molar-refractivity contribution < 1.29 is 9.90 Å². The van der Waals surface area contributed by atoms with Gasteiger partial charge in [0.25, 0.3) is 0 Å². The van der Waals surface area contributed by atoms with Crippen LogP contribution < -0.4 is 5.32 Å². The molecule has 0 radical (unpaired) electrons. The van der Waals surface area contributed by atoms with Gasteiger partial charge in [-0.15, -0.1) is 0 Å². The summed E-state index contributed by atoms with van der Waals surface area (Å²) in [6.07, 6.45) is 2.11. The summed E-state index contributed by atoms with van der Waals surface area (Å²) < 4.78 is 0. The number of aliphatic hydroxyl groups excluding tert-OH is 1. The van der Waals surface area contributed by atoms with Crippen molar-refractivity contribution in [3.05, 3.63) is 0 Å². The minimum Gasteiger partial charge on any atom is -0.395 e. The fourth-order valence-corrected chi connectivity index (χ4v) is 2.39. The number of piperidine rings is 1. The molecule has 0 aromatic heterocycles. The smallest absolute Gasteiger partial charge is 0.320 e. The monoisotopic (exact) mass is 213 g/mol. The van der Waals surface area contributed by atoms with Crippen molar-refractivity contribution in [2.45, 2.75) is 18.9 Å². The number of urea groups is 1. The van der Waals surface area contributed by atoms with E-state index in [1.807, 2.05) is 4.90 Å². The lowest BCUT2D eigenvalue weighted by molar-refractivity contribution is 0.158. The first kappa shape index (κ1) is 10.7. The van der Waals surface area contributed by atoms with Crippen LogP contribution in [-0.2, 0) is 0 Å². The Morgan fingerprint density at radius 1 is 1.33 bits per heavy atom. The minimum atomic E-state index is 0.0613. The topological polar surface area (TPSA) is 55.8 Å². The molecule has 86 valence electrons. The van der Waals surface area contributed by atoms with Crippen LogP contribution in [0.4, 0.5) is 4.79 Å². The second kappa shape index (κ2) is 4.81. The summed E-state index contributed by atoms with van der Waals surface area (Å²) in [6.45, 7) is 4.14. The number of aliphatic hydroxyl groups is 1. The van der Waals surface area contributed by atoms with Crippen LogP contribution in [0.25, 0.3) is 0 Å². The highest BCUT2D eigenvalue weighted by Gasteiger charge is 2.33. The van der Waals surface area contributed by atoms with Gasteiger partial charge in [-0.05, 0) is 25.9 Å². The summed E-state index contributed by atoms with van der Waals surface area (Å²) in [4.78, 5) is 15.6. The van der Waals surface area contributed by atoms with Crippen molar-refractivity contribution in [3.63, 3.8) is 0 Å². The third kappa shape index (κ3) is 2.23. The van der Waals surface area contributed by atoms with Crippen molar-refractivity contribution in [1.82, 2.24) is 15.1 Å². The van der Waals surface area contributed by atoms with Gasteiger partial charge in [-0.2, -0.15) is 0 Å². The number of rotatable bonds is 3. The Hall–Kier alpha value is -0.810. The van der Waals surface area contributed by atoms with E-state index in [4.69, 9.17) is 5.11 Å². The van der Waals surface area contributed by atoms with Gasteiger partial charge < -0.3 is 20.2 Å². The number of hydrogen-bond donors (Lipinski definition) is 2. The number of carbonyl (C=O) groups is 1. The van der Waals surface area contributed by atoms with Crippen LogP contribution >= 0.6 is 0 Å². The van der Waals surface area contributed by atoms with E-state index in [1.54, 1.807) is 4.90 Å². The SMILES string of the molecule is O=C1N(CCO)CCN1C1CCNCC1. The molecule has 0 atom stereocenters. The van der Waals surface area contributed by atoms with Crippen molar-refractivity contribution in [2.75, 3.05) is 39.3 Å². The first-order valence-electron chi connectivity index (χ1n) is 5.70. The molecule has 0 bridgehead atoms. The van der Waals surface area contributed by atoms with Crippen LogP contribution in [0.3, 0.4) is 0 Å². The van der Waals surface area contributed by atoms with Crippen LogP contribution in [-0.4, -0.2) is 66.3 Å². The molecule has 2 aliphatic heterocycles. The molecule has 2 saturated heterocycles. The molecule has 5 heteroatoms. The molecule has 2 heterocycles. The fraction of sp³-hybridized carbons (Fsp3) is 0.900. The van der Waals surface area contributed by atoms with E-state index >= 15 is 0 Å². The Morgan fingerprint density at radius 3 is 2.73 bits per heavy atom. The normalized spacial score (nSPS) is 23.9. The predicted octanol–water partition coefficient (Wildman–Crippen LogP) is -0.532. The van der Waals surface area contributed by atoms with Crippen molar-refractivity contribution in [3.8, 4) is 0 Å². The molecular formula is C10H19N3O2. The quantitative estimate of drug-likeness (QED) is 0.662. The number of nitrogens with zero attached hydrogens (tertiary/aromatic N) is 2. The fourth-order valence-electron chi connectivity index (χ4n) is 2.39. The van der Waals surface area contributed by atoms with Gasteiger partial charge >= 0.3 is 6.03 Å². The molecule has 0 spiro atoms. The van der Waals surface area contributed by atoms with Gasteiger partial charge in [0.2, 0.25) is 0 Å². The molecule has 2 fully saturated rings. The maximum atomic E-state index is 11.9. The van der Waals surface area contributed by atoms with Gasteiger partial charge in [0.05, 0.1) is 6.61 Å². The minimum absolute atomic E-state index is 0.0613. The molecule has 0 aromatic carbocycles. The first-order valence-corrected chi connectivity index (χ1v) is 5.70. The first-order chi connectivity index (χ1) is 7.33. The van der Waals surface area contributed by atoms with E-state index in [0.717, 1.165) is 39.0 Å². The van der Waals surface area contributed by atoms with Crippen LogP contribution in [0.1, 0.15) is 12.8 Å². The van der Waals surface area contributed by atoms with Gasteiger partial charge in [0.15, 0.2) is 0 Å². The summed E-state index contributed by atoms with van der Waals surface area (Å²) in [5.41, 5.74) is 0. The molecule has 0 aromatic rings. The Morgan fingerprint density at radius 2 is 2.07 bits per heavy atom. The van der Waals surface area contributed by atoms with Crippen LogP contribution in [0, 0.1) is 0 Å². The Balaban J connectivity index is 1.90. The lowest BCUT2D eigenvalue weighted by Gasteiger charge is -2.31. The van der Waals surface area contributed by atoms with E-state index in [-0.39, 0.29) is 12.6 Å². The van der Waals surface area contributed by atoms with Gasteiger partial charge in [-0.1, -0.05) is 0 Å². The Bertz CT molecular complexity index is 229. The molecule has 2 amide bonds. The molecule has 0 saturated carbocycles. The highest BCUT2D eigenvalue weighted by atomic mass is 16.3. The largest absolute Gasteiger partial charge is 0.395 e. The number of carbonyl (C=O) groups excluding carboxylic acids is 1. The number of nitrogens with one attached hydrogen (secondary N) is 1. The number of amides is 2. The molecule has 0 aliphatic carbocycles. The second-order valence-corrected chi connectivity index (χ2v) is 4.17. The van der Waals surface area contributed by atoms with Crippen LogP contribution in [0.15, 0.2) is 0 Å². The average molecular weight is 213 g/mol. The van der Waals surface area contributed by atoms with E-state index in [2.05, 4.69) is 5.32 Å². The standard InChI is InChI=1S/C10H19N3O2/c14-8-7-12-5-6-13(10(12)15)9-1-3-11-4-2-9/h9,11,14H,1-8H2. The number of β-amino-alcohol motifs (C(OH)–C–C–N with tert-alkyl or cyclic N) is 1. The zero-order valence-corrected chi connectivity index (χ0v) is 8.98. The molecule has 0 unspecified atom stereocenters. The summed E-state index contributed by atoms with van der Waals surface area (Å²) >= 11 is 0. The van der Waals surface area contributed by atoms with E-state index in [1.165, 1.54) is 0 Å². The summed E-state index contributed by atoms with van der Waals surface area (Å²) in [7, 11) is 0.